The van der Waals surface area contributed by atoms with E-state index in [1.807, 2.05) is 0 Å². The smallest absolute Gasteiger partial charge is 0.103 e. The van der Waals surface area contributed by atoms with Crippen molar-refractivity contribution >= 4 is 6.71 Å². The lowest BCUT2D eigenvalue weighted by Gasteiger charge is -2.44. The number of hydrogen-bond acceptors (Lipinski definition) is 0. The summed E-state index contributed by atoms with van der Waals surface area (Å²) in [6.45, 7) is 7.38. The van der Waals surface area contributed by atoms with Gasteiger partial charge in [-0.05, 0) is 6.42 Å². The van der Waals surface area contributed by atoms with Gasteiger partial charge in [-0.15, -0.1) is 6.58 Å². The third-order valence-corrected chi connectivity index (χ3v) is 5.33. The summed E-state index contributed by atoms with van der Waals surface area (Å²) in [4.78, 5) is 0. The third-order valence-electron chi connectivity index (χ3n) is 5.33. The molecule has 0 radical (unpaired) electrons. The predicted molar refractivity (Wildman–Crippen MR) is 79.0 cm³/mol. The summed E-state index contributed by atoms with van der Waals surface area (Å²) in [5, 5.41) is 0. The fraction of sp³-hybridized carbons (Fsp3) is 0.875. The maximum absolute atomic E-state index is 4.00. The van der Waals surface area contributed by atoms with Crippen molar-refractivity contribution < 1.29 is 0 Å². The van der Waals surface area contributed by atoms with Gasteiger partial charge in [-0.3, -0.25) is 0 Å². The van der Waals surface area contributed by atoms with Gasteiger partial charge in [0.15, 0.2) is 0 Å². The van der Waals surface area contributed by atoms with Crippen molar-refractivity contribution in [3.8, 4) is 0 Å². The van der Waals surface area contributed by atoms with Crippen LogP contribution in [0, 0.1) is 0 Å². The van der Waals surface area contributed by atoms with Crippen LogP contribution >= 0.6 is 0 Å². The van der Waals surface area contributed by atoms with Crippen molar-refractivity contribution in [2.24, 2.45) is 0 Å². The molecule has 17 heavy (non-hydrogen) atoms. The molecule has 2 heterocycles. The van der Waals surface area contributed by atoms with Gasteiger partial charge in [-0.25, -0.2) is 0 Å². The van der Waals surface area contributed by atoms with E-state index < -0.39 is 0 Å². The van der Waals surface area contributed by atoms with Crippen LogP contribution in [0.2, 0.25) is 17.5 Å². The molecule has 96 valence electrons. The Kier molecular flexibility index (Phi) is 5.19. The van der Waals surface area contributed by atoms with Gasteiger partial charge in [0.1, 0.15) is 6.71 Å². The maximum Gasteiger partial charge on any atom is 0.149 e. The highest BCUT2D eigenvalue weighted by Crippen LogP contribution is 2.51. The molecule has 2 saturated heterocycles. The van der Waals surface area contributed by atoms with Gasteiger partial charge in [0.05, 0.1) is 0 Å². The van der Waals surface area contributed by atoms with Crippen LogP contribution in [0.15, 0.2) is 12.7 Å². The average molecular weight is 232 g/mol. The quantitative estimate of drug-likeness (QED) is 0.405. The molecule has 0 aromatic heterocycles. The van der Waals surface area contributed by atoms with Gasteiger partial charge in [0, 0.05) is 0 Å². The summed E-state index contributed by atoms with van der Waals surface area (Å²) >= 11 is 0. The first kappa shape index (κ1) is 13.2. The molecule has 0 amide bonds. The largest absolute Gasteiger partial charge is 0.149 e. The van der Waals surface area contributed by atoms with Gasteiger partial charge in [-0.1, -0.05) is 88.2 Å². The van der Waals surface area contributed by atoms with Crippen LogP contribution in [-0.2, 0) is 0 Å². The zero-order valence-electron chi connectivity index (χ0n) is 11.7. The molecule has 1 unspecified atom stereocenters. The molecule has 1 heteroatoms. The monoisotopic (exact) mass is 232 g/mol. The van der Waals surface area contributed by atoms with Crippen LogP contribution in [0.5, 0.6) is 0 Å². The van der Waals surface area contributed by atoms with E-state index in [2.05, 4.69) is 19.6 Å². The molecule has 2 fully saturated rings. The summed E-state index contributed by atoms with van der Waals surface area (Å²) < 4.78 is 0. The van der Waals surface area contributed by atoms with Crippen molar-refractivity contribution in [1.82, 2.24) is 0 Å². The Morgan fingerprint density at radius 2 is 1.76 bits per heavy atom. The van der Waals surface area contributed by atoms with Gasteiger partial charge >= 0.3 is 0 Å². The fourth-order valence-electron chi connectivity index (χ4n) is 4.65. The van der Waals surface area contributed by atoms with Gasteiger partial charge in [-0.2, -0.15) is 0 Å². The lowest BCUT2D eigenvalue weighted by atomic mass is 9.22. The molecule has 2 rings (SSSR count). The Balaban J connectivity index is 2.01. The Morgan fingerprint density at radius 3 is 2.24 bits per heavy atom. The lowest BCUT2D eigenvalue weighted by Crippen LogP contribution is -2.38. The number of hydrogen-bond donors (Lipinski definition) is 0. The molecule has 0 saturated carbocycles. The number of unbranched alkanes of at least 4 members (excludes halogenated alkanes) is 1. The molecular formula is C16H29B. The topological polar surface area (TPSA) is 0 Å². The van der Waals surface area contributed by atoms with Crippen molar-refractivity contribution in [2.75, 3.05) is 0 Å². The van der Waals surface area contributed by atoms with E-state index in [1.54, 1.807) is 0 Å². The van der Waals surface area contributed by atoms with Gasteiger partial charge in [0.25, 0.3) is 0 Å². The minimum Gasteiger partial charge on any atom is -0.103 e. The maximum atomic E-state index is 4.00. The molecule has 0 N–H and O–H groups in total. The molecule has 0 nitrogen and oxygen atoms in total. The van der Waals surface area contributed by atoms with E-state index in [0.717, 1.165) is 24.2 Å². The normalized spacial score (nSPS) is 30.1. The fourth-order valence-corrected chi connectivity index (χ4v) is 4.65. The van der Waals surface area contributed by atoms with Crippen LogP contribution in [0.25, 0.3) is 0 Å². The second kappa shape index (κ2) is 6.66. The molecule has 0 aliphatic carbocycles. The zero-order valence-corrected chi connectivity index (χ0v) is 11.7. The van der Waals surface area contributed by atoms with Gasteiger partial charge in [0.2, 0.25) is 0 Å². The van der Waals surface area contributed by atoms with E-state index in [9.17, 15) is 0 Å². The Morgan fingerprint density at radius 1 is 1.18 bits per heavy atom. The zero-order chi connectivity index (χ0) is 12.1. The lowest BCUT2D eigenvalue weighted by molar-refractivity contribution is 0.429. The predicted octanol–water partition coefficient (Wildman–Crippen LogP) is 5.73. The highest BCUT2D eigenvalue weighted by molar-refractivity contribution is 6.64. The minimum atomic E-state index is 0.961. The van der Waals surface area contributed by atoms with E-state index in [4.69, 9.17) is 0 Å². The van der Waals surface area contributed by atoms with Crippen LogP contribution in [-0.4, -0.2) is 6.71 Å². The Hall–Kier alpha value is -0.195. The molecule has 2 aliphatic heterocycles. The molecule has 2 aliphatic rings. The molecule has 0 aromatic carbocycles. The first-order chi connectivity index (χ1) is 8.36. The second-order valence-electron chi connectivity index (χ2n) is 6.39. The minimum absolute atomic E-state index is 0.961. The van der Waals surface area contributed by atoms with Crippen molar-refractivity contribution in [3.63, 3.8) is 0 Å². The molecule has 0 aromatic rings. The Bertz CT molecular complexity index is 214. The van der Waals surface area contributed by atoms with E-state index >= 15 is 0 Å². The van der Waals surface area contributed by atoms with Crippen LogP contribution in [0.1, 0.15) is 71.1 Å². The third kappa shape index (κ3) is 3.17. The molecule has 2 bridgehead atoms. The highest BCUT2D eigenvalue weighted by atomic mass is 14.3. The first-order valence-corrected chi connectivity index (χ1v) is 7.97. The van der Waals surface area contributed by atoms with Crippen molar-refractivity contribution in [2.45, 2.75) is 88.6 Å². The van der Waals surface area contributed by atoms with Crippen molar-refractivity contribution in [3.05, 3.63) is 12.7 Å². The summed E-state index contributed by atoms with van der Waals surface area (Å²) in [5.74, 6) is 3.11. The number of rotatable bonds is 6. The SMILES string of the molecule is C=CCC(CCCC)B1C2CCCC1CCC2. The van der Waals surface area contributed by atoms with E-state index in [0.29, 0.717) is 0 Å². The molecule has 1 atom stereocenters. The summed E-state index contributed by atoms with van der Waals surface area (Å²) in [6, 6.07) is 0. The van der Waals surface area contributed by atoms with E-state index in [-0.39, 0.29) is 0 Å². The van der Waals surface area contributed by atoms with Crippen LogP contribution in [0.4, 0.5) is 0 Å². The highest BCUT2D eigenvalue weighted by Gasteiger charge is 2.42. The number of fused-ring (bicyclic) bond motifs is 2. The summed E-state index contributed by atoms with van der Waals surface area (Å²) in [5.41, 5.74) is 0. The van der Waals surface area contributed by atoms with Crippen LogP contribution < -0.4 is 0 Å². The Labute approximate surface area is 108 Å². The summed E-state index contributed by atoms with van der Waals surface area (Å²) in [7, 11) is 0. The first-order valence-electron chi connectivity index (χ1n) is 7.97. The average Bonchev–Trinajstić information content (AvgIpc) is 2.33. The van der Waals surface area contributed by atoms with E-state index in [1.165, 1.54) is 64.2 Å². The second-order valence-corrected chi connectivity index (χ2v) is 6.39. The standard InChI is InChI=1S/C16H29B/c1-3-5-9-14(8-4-2)17-15-10-6-11-16(17)13-7-12-15/h4,14-16H,2-3,5-13H2,1H3. The van der Waals surface area contributed by atoms with Gasteiger partial charge < -0.3 is 0 Å². The molecular weight excluding hydrogens is 203 g/mol. The molecule has 0 spiro atoms. The van der Waals surface area contributed by atoms with Crippen LogP contribution in [0.3, 0.4) is 0 Å². The van der Waals surface area contributed by atoms with Crippen molar-refractivity contribution in [1.29, 1.82) is 0 Å². The summed E-state index contributed by atoms with van der Waals surface area (Å²) in [6.07, 6.45) is 16.8. The number of allylic oxidation sites excluding steroid dienone is 1.